The second-order valence-corrected chi connectivity index (χ2v) is 16.6. The number of ether oxygens (including phenoxy) is 1. The summed E-state index contributed by atoms with van der Waals surface area (Å²) >= 11 is 10.4. The van der Waals surface area contributed by atoms with Crippen LogP contribution in [-0.2, 0) is 46.4 Å². The van der Waals surface area contributed by atoms with Crippen molar-refractivity contribution in [2.75, 3.05) is 26.1 Å². The molecular formula is C24H31N9O8P2S2. The molecule has 45 heavy (non-hydrogen) atoms. The summed E-state index contributed by atoms with van der Waals surface area (Å²) in [6, 6.07) is 4.96. The highest BCUT2D eigenvalue weighted by molar-refractivity contribution is 8.07. The molecule has 0 spiro atoms. The predicted molar refractivity (Wildman–Crippen MR) is 167 cm³/mol. The Labute approximate surface area is 266 Å². The maximum Gasteiger partial charge on any atom is 0.324 e. The lowest BCUT2D eigenvalue weighted by Gasteiger charge is -2.43. The minimum Gasteiger partial charge on any atom is -0.382 e. The number of primary amides is 1. The minimum atomic E-state index is -3.80. The van der Waals surface area contributed by atoms with Gasteiger partial charge in [-0.15, -0.1) is 5.10 Å². The summed E-state index contributed by atoms with van der Waals surface area (Å²) in [6.45, 7) is -5.17. The van der Waals surface area contributed by atoms with E-state index < -0.39 is 37.8 Å². The Balaban J connectivity index is 1.15. The smallest absolute Gasteiger partial charge is 0.324 e. The van der Waals surface area contributed by atoms with Gasteiger partial charge in [-0.1, -0.05) is 18.2 Å². The number of anilines is 1. The summed E-state index contributed by atoms with van der Waals surface area (Å²) in [5.41, 5.74) is 13.5. The number of nitrogens with zero attached hydrogens (tertiary/aromatic N) is 7. The van der Waals surface area contributed by atoms with Gasteiger partial charge in [-0.3, -0.25) is 4.79 Å². The first-order valence-corrected chi connectivity index (χ1v) is 19.0. The van der Waals surface area contributed by atoms with Gasteiger partial charge in [0.1, 0.15) is 23.5 Å². The van der Waals surface area contributed by atoms with Crippen LogP contribution < -0.4 is 11.5 Å². The number of carbonyl (C=O) groups excluding carboxylic acids is 1. The molecule has 6 N–H and O–H groups in total. The van der Waals surface area contributed by atoms with Crippen molar-refractivity contribution in [1.29, 1.82) is 0 Å². The molecule has 1 aliphatic heterocycles. The third-order valence-electron chi connectivity index (χ3n) is 8.17. The minimum absolute atomic E-state index is 0.0794. The Morgan fingerprint density at radius 3 is 2.64 bits per heavy atom. The van der Waals surface area contributed by atoms with E-state index in [0.29, 0.717) is 22.5 Å². The van der Waals surface area contributed by atoms with Gasteiger partial charge in [0.05, 0.1) is 36.7 Å². The largest absolute Gasteiger partial charge is 0.382 e. The molecule has 0 radical (unpaired) electrons. The quantitative estimate of drug-likeness (QED) is 0.155. The molecule has 6 rings (SSSR count). The molecular weight excluding hydrogens is 668 g/mol. The Bertz CT molecular complexity index is 1840. The van der Waals surface area contributed by atoms with Crippen LogP contribution in [0.25, 0.3) is 22.2 Å². The Morgan fingerprint density at radius 1 is 1.13 bits per heavy atom. The van der Waals surface area contributed by atoms with Crippen LogP contribution >= 0.6 is 13.4 Å². The van der Waals surface area contributed by atoms with E-state index in [1.54, 1.807) is 18.5 Å². The monoisotopic (exact) mass is 699 g/mol. The zero-order valence-corrected chi connectivity index (χ0v) is 27.4. The maximum absolute atomic E-state index is 12.0. The van der Waals surface area contributed by atoms with Crippen LogP contribution in [0.3, 0.4) is 0 Å². The topological polar surface area (TPSA) is 230 Å². The third kappa shape index (κ3) is 6.53. The van der Waals surface area contributed by atoms with Crippen molar-refractivity contribution in [3.05, 3.63) is 36.4 Å². The molecule has 1 aliphatic carbocycles. The van der Waals surface area contributed by atoms with E-state index in [-0.39, 0.29) is 48.6 Å². The summed E-state index contributed by atoms with van der Waals surface area (Å²) in [5.74, 6) is -0.118. The number of hydrogen-bond acceptors (Lipinski definition) is 14. The molecule has 0 bridgehead atoms. The number of fused-ring (bicyclic) bond motifs is 2. The molecule has 8 atom stereocenters. The number of benzene rings is 1. The van der Waals surface area contributed by atoms with Gasteiger partial charge < -0.3 is 48.7 Å². The SMILES string of the molecule is COP(O)(=S)OC[C@@H]1C[C@@H](OP(O)(=S)OC[C@H]2C[C@@H](n3cnc4c(N)ncnc43)[C@@H]2C)[C@H](n2nnc3c(C(N)=O)cccc32)O1. The highest BCUT2D eigenvalue weighted by Crippen LogP contribution is 2.53. The second-order valence-electron chi connectivity index (χ2n) is 10.8. The number of amides is 1. The molecule has 2 fully saturated rings. The fourth-order valence-corrected chi connectivity index (χ4v) is 7.79. The van der Waals surface area contributed by atoms with Crippen molar-refractivity contribution in [2.24, 2.45) is 17.6 Å². The van der Waals surface area contributed by atoms with Crippen molar-refractivity contribution >= 4 is 71.0 Å². The number of carbonyl (C=O) groups is 1. The van der Waals surface area contributed by atoms with Crippen LogP contribution in [-0.4, -0.2) is 82.7 Å². The average molecular weight is 700 g/mol. The Hall–Kier alpha value is -2.54. The van der Waals surface area contributed by atoms with E-state index in [1.807, 2.05) is 4.57 Å². The van der Waals surface area contributed by atoms with E-state index in [9.17, 15) is 14.6 Å². The summed E-state index contributed by atoms with van der Waals surface area (Å²) in [6.07, 6.45) is 1.53. The van der Waals surface area contributed by atoms with Gasteiger partial charge in [0.25, 0.3) is 5.91 Å². The molecule has 1 saturated heterocycles. The number of nitrogens with two attached hydrogens (primary N) is 2. The van der Waals surface area contributed by atoms with E-state index in [0.717, 1.165) is 6.42 Å². The van der Waals surface area contributed by atoms with Gasteiger partial charge in [0.15, 0.2) is 17.7 Å². The highest BCUT2D eigenvalue weighted by atomic mass is 32.5. The van der Waals surface area contributed by atoms with Gasteiger partial charge in [-0.2, -0.15) is 0 Å². The van der Waals surface area contributed by atoms with Gasteiger partial charge in [-0.05, 0) is 54.0 Å². The van der Waals surface area contributed by atoms with Gasteiger partial charge in [0.2, 0.25) is 0 Å². The zero-order valence-electron chi connectivity index (χ0n) is 24.0. The molecule has 21 heteroatoms. The van der Waals surface area contributed by atoms with Crippen molar-refractivity contribution in [2.45, 2.75) is 44.2 Å². The fraction of sp³-hybridized carbons (Fsp3) is 0.500. The van der Waals surface area contributed by atoms with Gasteiger partial charge in [0, 0.05) is 19.6 Å². The normalized spacial score (nSPS) is 27.7. The van der Waals surface area contributed by atoms with Crippen LogP contribution in [0.4, 0.5) is 5.82 Å². The molecule has 1 aromatic carbocycles. The van der Waals surface area contributed by atoms with Crippen LogP contribution in [0.2, 0.25) is 0 Å². The Kier molecular flexibility index (Phi) is 9.06. The molecule has 4 aromatic rings. The van der Waals surface area contributed by atoms with E-state index in [2.05, 4.69) is 32.2 Å². The number of hydrogen-bond donors (Lipinski definition) is 4. The van der Waals surface area contributed by atoms with Crippen LogP contribution in [0.15, 0.2) is 30.9 Å². The molecule has 17 nitrogen and oxygen atoms in total. The summed E-state index contributed by atoms with van der Waals surface area (Å²) < 4.78 is 31.6. The standard InChI is InChI=1S/C24H31N9O8P2S2/c1-12-13(6-17(12)32-11-29-20-21(25)27-10-28-23(20)32)8-38-43(36,45)41-18-7-14(9-39-42(35,44)37-2)40-24(18)33-16-5-3-4-15(22(26)34)19(16)30-31-33/h3-5,10-14,17-18,24H,6-9H2,1-2H3,(H2,26,34)(H,35,44)(H,36,45)(H2,25,27,28)/t12-,13-,14+,17-,18-,24-,42?,43?/m1/s1. The van der Waals surface area contributed by atoms with Crippen molar-refractivity contribution < 1.29 is 37.4 Å². The van der Waals surface area contributed by atoms with Crippen LogP contribution in [0.1, 0.15) is 42.4 Å². The fourth-order valence-electron chi connectivity index (χ4n) is 5.66. The first-order valence-electron chi connectivity index (χ1n) is 13.8. The number of aromatic nitrogens is 7. The summed E-state index contributed by atoms with van der Waals surface area (Å²) in [4.78, 5) is 45.8. The van der Waals surface area contributed by atoms with Crippen molar-refractivity contribution in [3.8, 4) is 0 Å². The highest BCUT2D eigenvalue weighted by Gasteiger charge is 2.44. The zero-order chi connectivity index (χ0) is 32.1. The molecule has 242 valence electrons. The Morgan fingerprint density at radius 2 is 1.91 bits per heavy atom. The first kappa shape index (κ1) is 32.4. The first-order chi connectivity index (χ1) is 21.4. The van der Waals surface area contributed by atoms with Crippen molar-refractivity contribution in [3.63, 3.8) is 0 Å². The second kappa shape index (κ2) is 12.6. The summed E-state index contributed by atoms with van der Waals surface area (Å²) in [7, 11) is 1.25. The molecule has 2 aliphatic rings. The van der Waals surface area contributed by atoms with Crippen molar-refractivity contribution in [1.82, 2.24) is 34.5 Å². The lowest BCUT2D eigenvalue weighted by molar-refractivity contribution is -0.0526. The van der Waals surface area contributed by atoms with Gasteiger partial charge in [-0.25, -0.2) is 19.6 Å². The molecule has 1 amide bonds. The average Bonchev–Trinajstić information content (AvgIpc) is 3.72. The number of imidazole rings is 1. The van der Waals surface area contributed by atoms with E-state index >= 15 is 0 Å². The van der Waals surface area contributed by atoms with Crippen LogP contribution in [0, 0.1) is 11.8 Å². The maximum atomic E-state index is 12.0. The third-order valence-corrected chi connectivity index (χ3v) is 11.5. The number of rotatable bonds is 12. The molecule has 3 aromatic heterocycles. The predicted octanol–water partition coefficient (Wildman–Crippen LogP) is 1.94. The molecule has 4 heterocycles. The van der Waals surface area contributed by atoms with E-state index in [4.69, 9.17) is 57.9 Å². The summed E-state index contributed by atoms with van der Waals surface area (Å²) in [5, 5.41) is 8.30. The van der Waals surface area contributed by atoms with E-state index in [1.165, 1.54) is 24.2 Å². The van der Waals surface area contributed by atoms with Gasteiger partial charge >= 0.3 is 13.4 Å². The lowest BCUT2D eigenvalue weighted by Crippen LogP contribution is -2.39. The number of nitrogen functional groups attached to an aromatic ring is 1. The molecule has 2 unspecified atom stereocenters. The molecule has 1 saturated carbocycles. The van der Waals surface area contributed by atoms with Crippen LogP contribution in [0.5, 0.6) is 0 Å². The lowest BCUT2D eigenvalue weighted by atomic mass is 9.70.